The molecule has 1 atom stereocenters. The minimum Gasteiger partial charge on any atom is -0.507 e. The van der Waals surface area contributed by atoms with E-state index in [4.69, 9.17) is 18.9 Å². The van der Waals surface area contributed by atoms with E-state index in [2.05, 4.69) is 4.98 Å². The van der Waals surface area contributed by atoms with E-state index >= 15 is 0 Å². The van der Waals surface area contributed by atoms with E-state index in [9.17, 15) is 19.5 Å². The number of anilines is 1. The van der Waals surface area contributed by atoms with E-state index in [1.807, 2.05) is 0 Å². The number of thiazole rings is 1. The summed E-state index contributed by atoms with van der Waals surface area (Å²) in [5.74, 6) is -1.47. The Morgan fingerprint density at radius 3 is 2.24 bits per heavy atom. The molecule has 1 fully saturated rings. The summed E-state index contributed by atoms with van der Waals surface area (Å²) < 4.78 is 21.0. The van der Waals surface area contributed by atoms with Crippen molar-refractivity contribution in [1.82, 2.24) is 4.98 Å². The van der Waals surface area contributed by atoms with Gasteiger partial charge in [0.15, 0.2) is 5.13 Å². The van der Waals surface area contributed by atoms with Gasteiger partial charge in [0.25, 0.3) is 5.78 Å². The van der Waals surface area contributed by atoms with Crippen molar-refractivity contribution in [3.8, 4) is 17.2 Å². The lowest BCUT2D eigenvalue weighted by molar-refractivity contribution is -0.132. The average Bonchev–Trinajstić information content (AvgIpc) is 3.43. The van der Waals surface area contributed by atoms with Gasteiger partial charge < -0.3 is 24.1 Å². The van der Waals surface area contributed by atoms with Gasteiger partial charge in [-0.3, -0.25) is 14.5 Å². The smallest absolute Gasteiger partial charge is 0.350 e. The highest BCUT2D eigenvalue weighted by atomic mass is 32.1. The van der Waals surface area contributed by atoms with Gasteiger partial charge in [0.1, 0.15) is 33.9 Å². The number of ketones is 1. The molecule has 38 heavy (non-hydrogen) atoms. The molecule has 0 aliphatic carbocycles. The molecular weight excluding hydrogens is 512 g/mol. The summed E-state index contributed by atoms with van der Waals surface area (Å²) in [4.78, 5) is 45.1. The lowest BCUT2D eigenvalue weighted by Crippen LogP contribution is -2.29. The zero-order valence-electron chi connectivity index (χ0n) is 21.6. The predicted molar refractivity (Wildman–Crippen MR) is 140 cm³/mol. The third-order valence-electron chi connectivity index (χ3n) is 6.23. The number of Topliss-reactive ketones (excluding diaryl/α,β-unsaturated/α-hetero) is 1. The summed E-state index contributed by atoms with van der Waals surface area (Å²) in [7, 11) is 5.70. The van der Waals surface area contributed by atoms with Crippen LogP contribution < -0.4 is 19.1 Å². The Kier molecular flexibility index (Phi) is 7.40. The Morgan fingerprint density at radius 2 is 1.63 bits per heavy atom. The number of esters is 1. The van der Waals surface area contributed by atoms with Crippen molar-refractivity contribution in [2.45, 2.75) is 19.9 Å². The molecule has 2 heterocycles. The third-order valence-corrected chi connectivity index (χ3v) is 7.36. The van der Waals surface area contributed by atoms with E-state index < -0.39 is 23.7 Å². The third kappa shape index (κ3) is 4.45. The van der Waals surface area contributed by atoms with Gasteiger partial charge in [-0.1, -0.05) is 11.3 Å². The quantitative estimate of drug-likeness (QED) is 0.204. The minimum absolute atomic E-state index is 0.0883. The van der Waals surface area contributed by atoms with E-state index in [1.54, 1.807) is 50.2 Å². The van der Waals surface area contributed by atoms with Crippen molar-refractivity contribution in [3.63, 3.8) is 0 Å². The molecule has 1 amide bonds. The second-order valence-electron chi connectivity index (χ2n) is 8.36. The first-order valence-electron chi connectivity index (χ1n) is 11.4. The molecule has 0 unspecified atom stereocenters. The van der Waals surface area contributed by atoms with Gasteiger partial charge in [0.05, 0.1) is 39.7 Å². The summed E-state index contributed by atoms with van der Waals surface area (Å²) in [5.41, 5.74) is 1.53. The molecule has 0 saturated carbocycles. The van der Waals surface area contributed by atoms with Crippen molar-refractivity contribution in [2.24, 2.45) is 0 Å². The lowest BCUT2D eigenvalue weighted by Gasteiger charge is -2.25. The fraction of sp³-hybridized carbons (Fsp3) is 0.259. The number of methoxy groups -OCH3 is 4. The van der Waals surface area contributed by atoms with Crippen LogP contribution in [0.15, 0.2) is 42.0 Å². The average molecular weight is 539 g/mol. The van der Waals surface area contributed by atoms with Gasteiger partial charge in [0, 0.05) is 11.1 Å². The molecule has 0 radical (unpaired) electrons. The monoisotopic (exact) mass is 538 g/mol. The molecule has 1 aliphatic rings. The molecule has 1 aromatic heterocycles. The Balaban J connectivity index is 2.02. The van der Waals surface area contributed by atoms with Crippen LogP contribution in [0.2, 0.25) is 0 Å². The maximum Gasteiger partial charge on any atom is 0.350 e. The molecule has 0 bridgehead atoms. The fourth-order valence-electron chi connectivity index (χ4n) is 4.32. The van der Waals surface area contributed by atoms with Gasteiger partial charge in [0.2, 0.25) is 0 Å². The number of aliphatic hydroxyl groups is 1. The molecule has 0 spiro atoms. The van der Waals surface area contributed by atoms with Crippen LogP contribution in [0.4, 0.5) is 5.13 Å². The van der Waals surface area contributed by atoms with Crippen LogP contribution in [0, 0.1) is 13.8 Å². The minimum atomic E-state index is -1.14. The largest absolute Gasteiger partial charge is 0.507 e. The number of carbonyl (C=O) groups excluding carboxylic acids is 3. The van der Waals surface area contributed by atoms with E-state index in [-0.39, 0.29) is 21.3 Å². The number of nitrogens with zero attached hydrogens (tertiary/aromatic N) is 2. The summed E-state index contributed by atoms with van der Waals surface area (Å²) in [6, 6.07) is 8.76. The second-order valence-corrected chi connectivity index (χ2v) is 9.34. The van der Waals surface area contributed by atoms with Gasteiger partial charge in [-0.25, -0.2) is 9.78 Å². The van der Waals surface area contributed by atoms with Crippen molar-refractivity contribution in [2.75, 3.05) is 33.3 Å². The normalized spacial score (nSPS) is 16.5. The van der Waals surface area contributed by atoms with Gasteiger partial charge in [-0.15, -0.1) is 0 Å². The number of amides is 1. The number of ether oxygens (including phenoxy) is 4. The van der Waals surface area contributed by atoms with Crippen molar-refractivity contribution in [1.29, 1.82) is 0 Å². The molecule has 198 valence electrons. The van der Waals surface area contributed by atoms with Crippen LogP contribution in [0.1, 0.15) is 38.1 Å². The standard InChI is InChI=1S/C27H26N2O8S/c1-13-11-15(34-3)7-9-17(13)22(30)20-21(18-12-16(35-4)8-10-19(18)36-5)29(25(32)23(20)31)27-28-14(2)24(38-27)26(33)37-6/h7-12,21,30H,1-6H3/b22-20+/t21-/m1/s1. The highest BCUT2D eigenvalue weighted by Gasteiger charge is 2.49. The molecule has 1 aliphatic heterocycles. The Hall–Kier alpha value is -4.38. The molecule has 1 saturated heterocycles. The number of benzene rings is 2. The number of hydrogen-bond donors (Lipinski definition) is 1. The highest BCUT2D eigenvalue weighted by molar-refractivity contribution is 7.17. The van der Waals surface area contributed by atoms with Gasteiger partial charge in [-0.05, 0) is 55.8 Å². The van der Waals surface area contributed by atoms with Crippen molar-refractivity contribution >= 4 is 39.9 Å². The number of hydrogen-bond acceptors (Lipinski definition) is 10. The van der Waals surface area contributed by atoms with Crippen LogP contribution in [0.25, 0.3) is 5.76 Å². The first-order chi connectivity index (χ1) is 18.2. The molecule has 4 rings (SSSR count). The van der Waals surface area contributed by atoms with Gasteiger partial charge >= 0.3 is 11.9 Å². The first-order valence-corrected chi connectivity index (χ1v) is 12.2. The molecule has 1 N–H and O–H groups in total. The maximum atomic E-state index is 13.5. The van der Waals surface area contributed by atoms with E-state index in [1.165, 1.54) is 28.4 Å². The summed E-state index contributed by atoms with van der Waals surface area (Å²) in [6.45, 7) is 3.35. The van der Waals surface area contributed by atoms with Crippen LogP contribution >= 0.6 is 11.3 Å². The van der Waals surface area contributed by atoms with Gasteiger partial charge in [-0.2, -0.15) is 0 Å². The Labute approximate surface area is 223 Å². The van der Waals surface area contributed by atoms with Crippen LogP contribution in [-0.4, -0.2) is 56.2 Å². The topological polar surface area (TPSA) is 124 Å². The zero-order chi connectivity index (χ0) is 27.7. The highest BCUT2D eigenvalue weighted by Crippen LogP contribution is 2.47. The van der Waals surface area contributed by atoms with E-state index in [0.717, 1.165) is 16.2 Å². The number of rotatable bonds is 7. The molecular formula is C27H26N2O8S. The SMILES string of the molecule is COC(=O)c1sc(N2C(=O)C(=O)/C(=C(/O)c3ccc(OC)cc3C)[C@H]2c2cc(OC)ccc2OC)nc1C. The van der Waals surface area contributed by atoms with Crippen molar-refractivity contribution < 1.29 is 38.4 Å². The van der Waals surface area contributed by atoms with Crippen LogP contribution in [0.3, 0.4) is 0 Å². The number of aliphatic hydroxyl groups excluding tert-OH is 1. The van der Waals surface area contributed by atoms with Crippen LogP contribution in [0.5, 0.6) is 17.2 Å². The summed E-state index contributed by atoms with van der Waals surface area (Å²) in [6.07, 6.45) is 0. The molecule has 2 aromatic carbocycles. The predicted octanol–water partition coefficient (Wildman–Crippen LogP) is 4.20. The Bertz CT molecular complexity index is 1480. The zero-order valence-corrected chi connectivity index (χ0v) is 22.5. The second kappa shape index (κ2) is 10.5. The maximum absolute atomic E-state index is 13.5. The van der Waals surface area contributed by atoms with Crippen LogP contribution in [-0.2, 0) is 14.3 Å². The molecule has 10 nitrogen and oxygen atoms in total. The first kappa shape index (κ1) is 26.7. The molecule has 3 aromatic rings. The summed E-state index contributed by atoms with van der Waals surface area (Å²) in [5, 5.41) is 11.6. The summed E-state index contributed by atoms with van der Waals surface area (Å²) >= 11 is 0.909. The van der Waals surface area contributed by atoms with Crippen molar-refractivity contribution in [3.05, 3.63) is 69.2 Å². The fourth-order valence-corrected chi connectivity index (χ4v) is 5.33. The molecule has 11 heteroatoms. The lowest BCUT2D eigenvalue weighted by atomic mass is 9.93. The number of carbonyl (C=O) groups is 3. The number of aromatic nitrogens is 1. The van der Waals surface area contributed by atoms with E-state index in [0.29, 0.717) is 39.6 Å². The number of aryl methyl sites for hydroxylation is 2. The Morgan fingerprint density at radius 1 is 0.974 bits per heavy atom.